The molecule has 0 aliphatic carbocycles. The van der Waals surface area contributed by atoms with Gasteiger partial charge in [-0.25, -0.2) is 0 Å². The van der Waals surface area contributed by atoms with E-state index in [-0.39, 0.29) is 6.10 Å². The zero-order valence-electron chi connectivity index (χ0n) is 17.7. The first-order valence-corrected chi connectivity index (χ1v) is 12.4. The summed E-state index contributed by atoms with van der Waals surface area (Å²) in [6.07, 6.45) is 3.04. The van der Waals surface area contributed by atoms with Crippen LogP contribution in [0.1, 0.15) is 59.4 Å². The molecule has 3 nitrogen and oxygen atoms in total. The quantitative estimate of drug-likeness (QED) is 0.407. The van der Waals surface area contributed by atoms with Gasteiger partial charge in [-0.2, -0.15) is 0 Å². The van der Waals surface area contributed by atoms with Gasteiger partial charge in [-0.3, -0.25) is 0 Å². The van der Waals surface area contributed by atoms with Crippen LogP contribution in [0, 0.1) is 5.92 Å². The summed E-state index contributed by atoms with van der Waals surface area (Å²) in [6, 6.07) is 15.7. The zero-order chi connectivity index (χ0) is 19.7. The molecular weight excluding hydrogens is 352 g/mol. The third kappa shape index (κ3) is 6.14. The molecule has 0 saturated carbocycles. The van der Waals surface area contributed by atoms with Gasteiger partial charge in [0.15, 0.2) is 0 Å². The molecule has 0 fully saturated rings. The molecule has 0 aliphatic rings. The topological polar surface area (TPSA) is 27.7 Å². The fourth-order valence-electron chi connectivity index (χ4n) is 3.37. The Hall–Kier alpha value is -1.20. The first kappa shape index (κ1) is 22.1. The second-order valence-electron chi connectivity index (χ2n) is 7.50. The van der Waals surface area contributed by atoms with E-state index in [1.54, 1.807) is 0 Å². The van der Waals surface area contributed by atoms with Crippen LogP contribution in [0.4, 0.5) is 0 Å². The average Bonchev–Trinajstić information content (AvgIpc) is 2.69. The predicted octanol–water partition coefficient (Wildman–Crippen LogP) is 6.16. The van der Waals surface area contributed by atoms with Crippen LogP contribution in [0.5, 0.6) is 0 Å². The Morgan fingerprint density at radius 1 is 0.852 bits per heavy atom. The minimum atomic E-state index is -2.84. The maximum atomic E-state index is 6.70. The van der Waals surface area contributed by atoms with Gasteiger partial charge in [-0.15, -0.1) is 0 Å². The molecule has 2 rings (SSSR count). The summed E-state index contributed by atoms with van der Waals surface area (Å²) in [4.78, 5) is 0. The maximum Gasteiger partial charge on any atom is 0.505 e. The summed E-state index contributed by atoms with van der Waals surface area (Å²) >= 11 is 0. The second kappa shape index (κ2) is 11.0. The van der Waals surface area contributed by atoms with Crippen molar-refractivity contribution >= 4 is 19.6 Å². The minimum absolute atomic E-state index is 0.153. The van der Waals surface area contributed by atoms with Gasteiger partial charge < -0.3 is 13.3 Å². The molecule has 27 heavy (non-hydrogen) atoms. The molecule has 0 N–H and O–H groups in total. The lowest BCUT2D eigenvalue weighted by Crippen LogP contribution is -2.52. The fraction of sp³-hybridized carbons (Fsp3) is 0.565. The van der Waals surface area contributed by atoms with Gasteiger partial charge >= 0.3 is 8.80 Å². The molecule has 4 heteroatoms. The number of benzene rings is 2. The van der Waals surface area contributed by atoms with Gasteiger partial charge in [0.25, 0.3) is 0 Å². The van der Waals surface area contributed by atoms with E-state index >= 15 is 0 Å². The van der Waals surface area contributed by atoms with Crippen LogP contribution in [0.25, 0.3) is 10.8 Å². The van der Waals surface area contributed by atoms with Crippen molar-refractivity contribution in [3.8, 4) is 0 Å². The molecule has 0 spiro atoms. The lowest BCUT2D eigenvalue weighted by Gasteiger charge is -2.35. The van der Waals surface area contributed by atoms with E-state index in [0.29, 0.717) is 19.1 Å². The lowest BCUT2D eigenvalue weighted by atomic mass is 10.1. The Bertz CT molecular complexity index is 673. The third-order valence-electron chi connectivity index (χ3n) is 4.82. The predicted molar refractivity (Wildman–Crippen MR) is 116 cm³/mol. The van der Waals surface area contributed by atoms with Crippen LogP contribution in [0.15, 0.2) is 42.5 Å². The van der Waals surface area contributed by atoms with Crippen molar-refractivity contribution in [2.24, 2.45) is 5.92 Å². The molecule has 0 bridgehead atoms. The number of hydrogen-bond acceptors (Lipinski definition) is 3. The van der Waals surface area contributed by atoms with Gasteiger partial charge in [0.05, 0.1) is 6.10 Å². The summed E-state index contributed by atoms with van der Waals surface area (Å²) in [5.74, 6) is 0.435. The molecule has 150 valence electrons. The lowest BCUT2D eigenvalue weighted by molar-refractivity contribution is 0.00807. The molecule has 0 saturated heterocycles. The zero-order valence-corrected chi connectivity index (χ0v) is 18.7. The molecule has 2 aromatic rings. The Kier molecular flexibility index (Phi) is 8.97. The molecule has 0 aromatic heterocycles. The smallest absolute Gasteiger partial charge is 0.373 e. The van der Waals surface area contributed by atoms with Crippen molar-refractivity contribution in [3.63, 3.8) is 0 Å². The van der Waals surface area contributed by atoms with Crippen LogP contribution in [0.3, 0.4) is 0 Å². The van der Waals surface area contributed by atoms with E-state index in [1.807, 2.05) is 0 Å². The summed E-state index contributed by atoms with van der Waals surface area (Å²) in [6.45, 7) is 12.2. The van der Waals surface area contributed by atoms with Crippen molar-refractivity contribution in [3.05, 3.63) is 48.0 Å². The van der Waals surface area contributed by atoms with Gasteiger partial charge in [0, 0.05) is 19.3 Å². The van der Waals surface area contributed by atoms with Crippen LogP contribution < -0.4 is 0 Å². The van der Waals surface area contributed by atoms with Crippen LogP contribution in [-0.4, -0.2) is 28.1 Å². The van der Waals surface area contributed by atoms with E-state index in [4.69, 9.17) is 13.3 Å². The number of rotatable bonds is 12. The highest BCUT2D eigenvalue weighted by Crippen LogP contribution is 2.27. The van der Waals surface area contributed by atoms with E-state index in [0.717, 1.165) is 25.3 Å². The molecule has 0 radical (unpaired) electrons. The highest BCUT2D eigenvalue weighted by atomic mass is 28.4. The van der Waals surface area contributed by atoms with Crippen molar-refractivity contribution in [1.29, 1.82) is 0 Å². The van der Waals surface area contributed by atoms with E-state index in [9.17, 15) is 0 Å². The minimum Gasteiger partial charge on any atom is -0.373 e. The summed E-state index contributed by atoms with van der Waals surface area (Å²) in [7, 11) is -2.84. The van der Waals surface area contributed by atoms with E-state index in [1.165, 1.54) is 16.3 Å². The van der Waals surface area contributed by atoms with Crippen molar-refractivity contribution in [2.45, 2.75) is 66.0 Å². The second-order valence-corrected chi connectivity index (χ2v) is 10.0. The van der Waals surface area contributed by atoms with E-state index in [2.05, 4.69) is 77.1 Å². The summed E-state index contributed by atoms with van der Waals surface area (Å²) < 4.78 is 19.5. The molecule has 1 unspecified atom stereocenters. The SMILES string of the molecule is CCCO[Si](Cc1cccc2ccccc12)(OCCC)OC(CC)C(C)C. The number of fused-ring (bicyclic) bond motifs is 1. The van der Waals surface area contributed by atoms with Crippen molar-refractivity contribution in [1.82, 2.24) is 0 Å². The fourth-order valence-corrected chi connectivity index (χ4v) is 6.58. The normalized spacial score (nSPS) is 13.4. The van der Waals surface area contributed by atoms with Crippen molar-refractivity contribution in [2.75, 3.05) is 13.2 Å². The summed E-state index contributed by atoms with van der Waals surface area (Å²) in [5.41, 5.74) is 1.26. The van der Waals surface area contributed by atoms with Gasteiger partial charge in [-0.05, 0) is 41.5 Å². The molecule has 0 aliphatic heterocycles. The van der Waals surface area contributed by atoms with Crippen molar-refractivity contribution < 1.29 is 13.3 Å². The van der Waals surface area contributed by atoms with E-state index < -0.39 is 8.80 Å². The van der Waals surface area contributed by atoms with Gasteiger partial charge in [-0.1, -0.05) is 77.1 Å². The Labute approximate surface area is 166 Å². The average molecular weight is 389 g/mol. The Morgan fingerprint density at radius 3 is 2.07 bits per heavy atom. The molecule has 0 amide bonds. The van der Waals surface area contributed by atoms with Gasteiger partial charge in [0.1, 0.15) is 0 Å². The Morgan fingerprint density at radius 2 is 1.48 bits per heavy atom. The highest BCUT2D eigenvalue weighted by Gasteiger charge is 2.44. The number of hydrogen-bond donors (Lipinski definition) is 0. The first-order chi connectivity index (χ1) is 13.0. The molecule has 2 aromatic carbocycles. The first-order valence-electron chi connectivity index (χ1n) is 10.5. The standard InChI is InChI=1S/C23H36O3Si/c1-6-16-24-27(25-17-7-2,26-23(8-3)19(4)5)18-21-14-11-13-20-12-9-10-15-22(20)21/h9-15,19,23H,6-8,16-18H2,1-5H3. The molecule has 1 atom stereocenters. The highest BCUT2D eigenvalue weighted by molar-refractivity contribution is 6.60. The maximum absolute atomic E-state index is 6.70. The third-order valence-corrected chi connectivity index (χ3v) is 7.58. The van der Waals surface area contributed by atoms with Gasteiger partial charge in [0.2, 0.25) is 0 Å². The van der Waals surface area contributed by atoms with Crippen LogP contribution in [-0.2, 0) is 19.3 Å². The molecule has 0 heterocycles. The van der Waals surface area contributed by atoms with Crippen LogP contribution in [0.2, 0.25) is 0 Å². The monoisotopic (exact) mass is 388 g/mol. The molecular formula is C23H36O3Si. The summed E-state index contributed by atoms with van der Waals surface area (Å²) in [5, 5.41) is 2.51. The Balaban J connectivity index is 2.41. The van der Waals surface area contributed by atoms with Crippen LogP contribution >= 0.6 is 0 Å². The largest absolute Gasteiger partial charge is 0.505 e.